The minimum absolute atomic E-state index is 0.0125. The molecule has 0 fully saturated rings. The van der Waals surface area contributed by atoms with Gasteiger partial charge in [0.05, 0.1) is 23.8 Å². The third-order valence-corrected chi connectivity index (χ3v) is 4.43. The molecule has 0 atom stereocenters. The summed E-state index contributed by atoms with van der Waals surface area (Å²) in [5.74, 6) is -0.263. The summed E-state index contributed by atoms with van der Waals surface area (Å²) in [7, 11) is -3.36. The van der Waals surface area contributed by atoms with Gasteiger partial charge >= 0.3 is 0 Å². The van der Waals surface area contributed by atoms with Crippen molar-refractivity contribution in [1.29, 1.82) is 0 Å². The first-order valence-corrected chi connectivity index (χ1v) is 10.0. The molecule has 3 N–H and O–H groups in total. The van der Waals surface area contributed by atoms with Crippen LogP contribution in [-0.2, 0) is 27.8 Å². The molecular weight excluding hydrogens is 368 g/mol. The fraction of sp³-hybridized carbons (Fsp3) is 0.167. The van der Waals surface area contributed by atoms with Gasteiger partial charge in [-0.05, 0) is 23.8 Å². The Morgan fingerprint density at radius 1 is 1.11 bits per heavy atom. The topological polar surface area (TPSA) is 121 Å². The lowest BCUT2D eigenvalue weighted by Gasteiger charge is -2.09. The zero-order valence-corrected chi connectivity index (χ0v) is 15.3. The molecular formula is C18H18N4O4S. The molecule has 0 radical (unpaired) electrons. The van der Waals surface area contributed by atoms with Gasteiger partial charge in [-0.3, -0.25) is 14.3 Å². The number of H-pyrrole nitrogens is 1. The van der Waals surface area contributed by atoms with Crippen molar-refractivity contribution in [3.63, 3.8) is 0 Å². The van der Waals surface area contributed by atoms with E-state index in [1.54, 1.807) is 48.5 Å². The lowest BCUT2D eigenvalue weighted by molar-refractivity contribution is -0.120. The van der Waals surface area contributed by atoms with Crippen molar-refractivity contribution in [2.45, 2.75) is 13.0 Å². The van der Waals surface area contributed by atoms with Gasteiger partial charge in [0, 0.05) is 17.6 Å². The highest BCUT2D eigenvalue weighted by Gasteiger charge is 2.11. The van der Waals surface area contributed by atoms with Crippen LogP contribution in [0.25, 0.3) is 10.8 Å². The molecule has 27 heavy (non-hydrogen) atoms. The average Bonchev–Trinajstić information content (AvgIpc) is 2.61. The molecule has 0 aliphatic carbocycles. The van der Waals surface area contributed by atoms with Crippen molar-refractivity contribution >= 4 is 32.4 Å². The average molecular weight is 386 g/mol. The maximum Gasteiger partial charge on any atom is 0.272 e. The van der Waals surface area contributed by atoms with Crippen molar-refractivity contribution in [3.05, 3.63) is 70.1 Å². The van der Waals surface area contributed by atoms with Crippen LogP contribution in [0.4, 0.5) is 5.69 Å². The van der Waals surface area contributed by atoms with Crippen LogP contribution in [0.5, 0.6) is 0 Å². The summed E-state index contributed by atoms with van der Waals surface area (Å²) in [6.45, 7) is 0.236. The van der Waals surface area contributed by atoms with E-state index in [0.717, 1.165) is 11.8 Å². The summed E-state index contributed by atoms with van der Waals surface area (Å²) in [6.07, 6.45) is 1.08. The molecule has 0 saturated heterocycles. The summed E-state index contributed by atoms with van der Waals surface area (Å²) in [4.78, 5) is 24.1. The molecule has 0 aliphatic heterocycles. The number of nitrogens with one attached hydrogen (secondary N) is 3. The summed E-state index contributed by atoms with van der Waals surface area (Å²) in [5, 5.41) is 10.3. The number of carbonyl (C=O) groups excluding carboxylic acids is 1. The van der Waals surface area contributed by atoms with Gasteiger partial charge in [0.25, 0.3) is 5.56 Å². The number of aromatic amines is 1. The van der Waals surface area contributed by atoms with Crippen molar-refractivity contribution in [3.8, 4) is 0 Å². The zero-order chi connectivity index (χ0) is 19.4. The molecule has 1 heterocycles. The third-order valence-electron chi connectivity index (χ3n) is 3.82. The van der Waals surface area contributed by atoms with Gasteiger partial charge in [0.15, 0.2) is 0 Å². The Hall–Kier alpha value is -3.20. The molecule has 2 aromatic carbocycles. The predicted molar refractivity (Wildman–Crippen MR) is 103 cm³/mol. The SMILES string of the molecule is CS(=O)(=O)Nc1cccc(CNC(=O)Cc2n[nH]c(=O)c3ccccc23)c1. The predicted octanol–water partition coefficient (Wildman–Crippen LogP) is 1.15. The third kappa shape index (κ3) is 4.91. The number of benzene rings is 2. The van der Waals surface area contributed by atoms with Gasteiger partial charge in [-0.25, -0.2) is 13.5 Å². The standard InChI is InChI=1S/C18H18N4O4S/c1-27(25,26)22-13-6-4-5-12(9-13)11-19-17(23)10-16-14-7-2-3-8-15(14)18(24)21-20-16/h2-9,22H,10-11H2,1H3,(H,19,23)(H,21,24). The lowest BCUT2D eigenvalue weighted by Crippen LogP contribution is -2.26. The highest BCUT2D eigenvalue weighted by atomic mass is 32.2. The van der Waals surface area contributed by atoms with Gasteiger partial charge in [-0.15, -0.1) is 0 Å². The number of sulfonamides is 1. The van der Waals surface area contributed by atoms with E-state index in [4.69, 9.17) is 0 Å². The molecule has 0 aliphatic rings. The Balaban J connectivity index is 1.68. The van der Waals surface area contributed by atoms with Crippen molar-refractivity contribution < 1.29 is 13.2 Å². The molecule has 0 unspecified atom stereocenters. The zero-order valence-electron chi connectivity index (χ0n) is 14.5. The first-order valence-electron chi connectivity index (χ1n) is 8.11. The highest BCUT2D eigenvalue weighted by molar-refractivity contribution is 7.92. The number of nitrogens with zero attached hydrogens (tertiary/aromatic N) is 1. The lowest BCUT2D eigenvalue weighted by atomic mass is 10.1. The van der Waals surface area contributed by atoms with Crippen LogP contribution < -0.4 is 15.6 Å². The maximum atomic E-state index is 12.3. The van der Waals surface area contributed by atoms with Gasteiger partial charge < -0.3 is 5.32 Å². The van der Waals surface area contributed by atoms with E-state index in [9.17, 15) is 18.0 Å². The van der Waals surface area contributed by atoms with Crippen LogP contribution >= 0.6 is 0 Å². The fourth-order valence-corrected chi connectivity index (χ4v) is 3.24. The molecule has 1 aromatic heterocycles. The van der Waals surface area contributed by atoms with Crippen LogP contribution in [0.2, 0.25) is 0 Å². The van der Waals surface area contributed by atoms with E-state index in [2.05, 4.69) is 20.2 Å². The number of hydrogen-bond acceptors (Lipinski definition) is 5. The highest BCUT2D eigenvalue weighted by Crippen LogP contribution is 2.14. The van der Waals surface area contributed by atoms with Gasteiger partial charge in [-0.1, -0.05) is 30.3 Å². The number of anilines is 1. The quantitative estimate of drug-likeness (QED) is 0.587. The molecule has 0 spiro atoms. The number of rotatable bonds is 6. The number of aromatic nitrogens is 2. The Bertz CT molecular complexity index is 1160. The van der Waals surface area contributed by atoms with Gasteiger partial charge in [0.2, 0.25) is 15.9 Å². The van der Waals surface area contributed by atoms with E-state index < -0.39 is 10.0 Å². The largest absolute Gasteiger partial charge is 0.352 e. The number of carbonyl (C=O) groups is 1. The van der Waals surface area contributed by atoms with E-state index in [1.165, 1.54) is 0 Å². The summed E-state index contributed by atoms with van der Waals surface area (Å²) < 4.78 is 25.0. The minimum atomic E-state index is -3.36. The number of fused-ring (bicyclic) bond motifs is 1. The maximum absolute atomic E-state index is 12.3. The van der Waals surface area contributed by atoms with Gasteiger partial charge in [0.1, 0.15) is 0 Å². The van der Waals surface area contributed by atoms with Gasteiger partial charge in [-0.2, -0.15) is 5.10 Å². The molecule has 8 nitrogen and oxygen atoms in total. The second-order valence-electron chi connectivity index (χ2n) is 6.07. The van der Waals surface area contributed by atoms with Crippen molar-refractivity contribution in [2.75, 3.05) is 11.0 Å². The summed E-state index contributed by atoms with van der Waals surface area (Å²) in [6, 6.07) is 13.7. The monoisotopic (exact) mass is 386 g/mol. The Morgan fingerprint density at radius 3 is 2.59 bits per heavy atom. The molecule has 0 bridgehead atoms. The first kappa shape index (κ1) is 18.6. The van der Waals surface area contributed by atoms with Crippen LogP contribution in [-0.4, -0.2) is 30.8 Å². The normalized spacial score (nSPS) is 11.3. The first-order chi connectivity index (χ1) is 12.8. The Morgan fingerprint density at radius 2 is 1.85 bits per heavy atom. The molecule has 1 amide bonds. The minimum Gasteiger partial charge on any atom is -0.352 e. The molecule has 3 rings (SSSR count). The second kappa shape index (κ2) is 7.58. The van der Waals surface area contributed by atoms with Crippen LogP contribution in [0.1, 0.15) is 11.3 Å². The van der Waals surface area contributed by atoms with Crippen molar-refractivity contribution in [2.24, 2.45) is 0 Å². The van der Waals surface area contributed by atoms with E-state index in [0.29, 0.717) is 22.2 Å². The summed E-state index contributed by atoms with van der Waals surface area (Å²) >= 11 is 0. The molecule has 9 heteroatoms. The van der Waals surface area contributed by atoms with Crippen LogP contribution in [0, 0.1) is 0 Å². The second-order valence-corrected chi connectivity index (χ2v) is 7.82. The van der Waals surface area contributed by atoms with Crippen LogP contribution in [0.3, 0.4) is 0 Å². The molecule has 3 aromatic rings. The fourth-order valence-electron chi connectivity index (χ4n) is 2.68. The Labute approximate surface area is 155 Å². The number of amides is 1. The smallest absolute Gasteiger partial charge is 0.272 e. The Kier molecular flexibility index (Phi) is 5.22. The van der Waals surface area contributed by atoms with E-state index >= 15 is 0 Å². The van der Waals surface area contributed by atoms with Crippen LogP contribution in [0.15, 0.2) is 53.3 Å². The molecule has 140 valence electrons. The van der Waals surface area contributed by atoms with Crippen molar-refractivity contribution in [1.82, 2.24) is 15.5 Å². The molecule has 0 saturated carbocycles. The number of hydrogen-bond donors (Lipinski definition) is 3. The summed E-state index contributed by atoms with van der Waals surface area (Å²) in [5.41, 5.74) is 1.36. The van der Waals surface area contributed by atoms with E-state index in [-0.39, 0.29) is 24.4 Å². The van der Waals surface area contributed by atoms with E-state index in [1.807, 2.05) is 0 Å².